The molecular formula is C50H32. The predicted molar refractivity (Wildman–Crippen MR) is 216 cm³/mol. The van der Waals surface area contributed by atoms with Gasteiger partial charge in [-0.1, -0.05) is 182 Å². The summed E-state index contributed by atoms with van der Waals surface area (Å²) in [5, 5.41) is 6.84. The van der Waals surface area contributed by atoms with Gasteiger partial charge in [-0.2, -0.15) is 0 Å². The van der Waals surface area contributed by atoms with Crippen molar-refractivity contribution >= 4 is 53.9 Å². The fraction of sp³-hybridized carbons (Fsp3) is 0. The molecule has 0 nitrogen and oxygen atoms in total. The van der Waals surface area contributed by atoms with E-state index in [0.29, 0.717) is 44.2 Å². The molecule has 0 N–H and O–H groups in total. The van der Waals surface area contributed by atoms with Crippen LogP contribution < -0.4 is 0 Å². The highest BCUT2D eigenvalue weighted by atomic mass is 14.2. The molecule has 0 bridgehead atoms. The normalized spacial score (nSPS) is 13.6. The average molecular weight is 640 g/mol. The van der Waals surface area contributed by atoms with Crippen LogP contribution in [-0.2, 0) is 0 Å². The van der Waals surface area contributed by atoms with Gasteiger partial charge in [0.15, 0.2) is 0 Å². The van der Waals surface area contributed by atoms with Crippen LogP contribution in [0.3, 0.4) is 0 Å². The Balaban J connectivity index is 1.46. The fourth-order valence-electron chi connectivity index (χ4n) is 7.62. The Morgan fingerprint density at radius 2 is 0.760 bits per heavy atom. The topological polar surface area (TPSA) is 0 Å². The van der Waals surface area contributed by atoms with Crippen LogP contribution in [-0.4, -0.2) is 0 Å². The molecule has 0 spiro atoms. The predicted octanol–water partition coefficient (Wildman–Crippen LogP) is 14.1. The zero-order valence-electron chi connectivity index (χ0n) is 33.9. The summed E-state index contributed by atoms with van der Waals surface area (Å²) in [4.78, 5) is 0. The van der Waals surface area contributed by atoms with E-state index in [2.05, 4.69) is 24.3 Å². The molecule has 10 aromatic rings. The molecule has 0 atom stereocenters. The van der Waals surface area contributed by atoms with E-state index in [9.17, 15) is 6.85 Å². The molecular weight excluding hydrogens is 601 g/mol. The minimum absolute atomic E-state index is 0.0173. The second kappa shape index (κ2) is 11.6. The SMILES string of the molecule is [2H]c1c([2H])c([2H])c2c(-c3cccc4ccccc34)c3c([2H])c([2H])c(-c4cccc5ccccc45)c([2H])c3c(-c3cccc(-c4cccc5ccccc45)c3)c2c1[2H]. The monoisotopic (exact) mass is 639 g/mol. The second-order valence-electron chi connectivity index (χ2n) is 12.7. The molecule has 0 unspecified atom stereocenters. The first-order chi connectivity index (χ1) is 27.7. The zero-order chi connectivity index (χ0) is 39.1. The van der Waals surface area contributed by atoms with Crippen LogP contribution in [0.5, 0.6) is 0 Å². The van der Waals surface area contributed by atoms with Crippen LogP contribution in [0.25, 0.3) is 98.4 Å². The van der Waals surface area contributed by atoms with Crippen LogP contribution in [0.2, 0.25) is 0 Å². The molecule has 0 aliphatic rings. The van der Waals surface area contributed by atoms with E-state index in [-0.39, 0.29) is 53.1 Å². The molecule has 232 valence electrons. The quantitative estimate of drug-likeness (QED) is 0.168. The molecule has 50 heavy (non-hydrogen) atoms. The van der Waals surface area contributed by atoms with Crippen molar-refractivity contribution in [2.45, 2.75) is 0 Å². The lowest BCUT2D eigenvalue weighted by atomic mass is 9.83. The third kappa shape index (κ3) is 4.54. The molecule has 10 aromatic carbocycles. The van der Waals surface area contributed by atoms with Gasteiger partial charge < -0.3 is 0 Å². The van der Waals surface area contributed by atoms with Gasteiger partial charge in [0.1, 0.15) is 0 Å². The Labute approximate surface area is 301 Å². The molecule has 0 aliphatic heterocycles. The molecule has 0 aromatic heterocycles. The van der Waals surface area contributed by atoms with E-state index in [1.807, 2.05) is 127 Å². The molecule has 10 rings (SSSR count). The van der Waals surface area contributed by atoms with Gasteiger partial charge in [0.2, 0.25) is 0 Å². The van der Waals surface area contributed by atoms with E-state index in [0.717, 1.165) is 43.4 Å². The lowest BCUT2D eigenvalue weighted by Crippen LogP contribution is -1.93. The van der Waals surface area contributed by atoms with Crippen LogP contribution in [0.4, 0.5) is 0 Å². The Bertz CT molecular complexity index is 3310. The number of hydrogen-bond acceptors (Lipinski definition) is 0. The number of hydrogen-bond donors (Lipinski definition) is 0. The Hall–Kier alpha value is -6.50. The van der Waals surface area contributed by atoms with Crippen molar-refractivity contribution in [2.24, 2.45) is 0 Å². The zero-order valence-corrected chi connectivity index (χ0v) is 26.9. The summed E-state index contributed by atoms with van der Waals surface area (Å²) in [6, 6.07) is 48.0. The molecule has 0 amide bonds. The maximum absolute atomic E-state index is 10.2. The van der Waals surface area contributed by atoms with Gasteiger partial charge in [-0.15, -0.1) is 0 Å². The Morgan fingerprint density at radius 3 is 1.40 bits per heavy atom. The molecule has 0 fully saturated rings. The lowest BCUT2D eigenvalue weighted by Gasteiger charge is -2.20. The summed E-state index contributed by atoms with van der Waals surface area (Å²) in [7, 11) is 0. The highest BCUT2D eigenvalue weighted by Crippen LogP contribution is 2.47. The molecule has 0 heteroatoms. The van der Waals surface area contributed by atoms with Crippen molar-refractivity contribution < 1.29 is 9.60 Å². The second-order valence-corrected chi connectivity index (χ2v) is 12.7. The smallest absolute Gasteiger partial charge is 0.0616 e. The minimum Gasteiger partial charge on any atom is -0.0616 e. The molecule has 0 saturated carbocycles. The maximum atomic E-state index is 10.2. The van der Waals surface area contributed by atoms with Crippen LogP contribution in [0.15, 0.2) is 194 Å². The summed E-state index contributed by atoms with van der Waals surface area (Å²) >= 11 is 0. The molecule has 0 radical (unpaired) electrons. The van der Waals surface area contributed by atoms with Crippen molar-refractivity contribution in [2.75, 3.05) is 0 Å². The number of rotatable bonds is 4. The molecule has 0 aliphatic carbocycles. The van der Waals surface area contributed by atoms with E-state index >= 15 is 0 Å². The minimum atomic E-state index is -0.389. The van der Waals surface area contributed by atoms with Gasteiger partial charge >= 0.3 is 0 Å². The Morgan fingerprint density at radius 1 is 0.300 bits per heavy atom. The first kappa shape index (κ1) is 22.2. The van der Waals surface area contributed by atoms with E-state index < -0.39 is 0 Å². The standard InChI is InChI=1S/C50H32/c1-4-21-39-33(13-1)16-10-26-42(39)36-19-9-20-38(31-36)49-45-24-7-8-25-46(45)50(44-28-12-18-35-15-3-6-23-41(35)44)47-30-29-37(32-48(47)49)43-27-11-17-34-14-2-5-22-40(34)43/h1-32H/i7D,8D,24D,25D,29D,30D,32D. The van der Waals surface area contributed by atoms with Crippen LogP contribution >= 0.6 is 0 Å². The highest BCUT2D eigenvalue weighted by molar-refractivity contribution is 6.24. The van der Waals surface area contributed by atoms with Gasteiger partial charge in [-0.25, -0.2) is 0 Å². The van der Waals surface area contributed by atoms with Gasteiger partial charge in [0, 0.05) is 0 Å². The largest absolute Gasteiger partial charge is 0.0636 e. The lowest BCUT2D eigenvalue weighted by molar-refractivity contribution is 1.63. The van der Waals surface area contributed by atoms with Gasteiger partial charge in [-0.05, 0) is 110 Å². The first-order valence-corrected chi connectivity index (χ1v) is 16.8. The fourth-order valence-corrected chi connectivity index (χ4v) is 7.62. The number of benzene rings is 10. The van der Waals surface area contributed by atoms with Crippen molar-refractivity contribution in [3.63, 3.8) is 0 Å². The van der Waals surface area contributed by atoms with Gasteiger partial charge in [0.25, 0.3) is 0 Å². The summed E-state index contributed by atoms with van der Waals surface area (Å²) in [6.07, 6.45) is 0. The third-order valence-electron chi connectivity index (χ3n) is 9.87. The first-order valence-electron chi connectivity index (χ1n) is 20.3. The van der Waals surface area contributed by atoms with Crippen molar-refractivity contribution in [1.82, 2.24) is 0 Å². The average Bonchev–Trinajstić information content (AvgIpc) is 3.25. The molecule has 0 heterocycles. The molecule has 0 saturated heterocycles. The summed E-state index contributed by atoms with van der Waals surface area (Å²) in [5.74, 6) is 0. The van der Waals surface area contributed by atoms with Gasteiger partial charge in [-0.3, -0.25) is 0 Å². The van der Waals surface area contributed by atoms with E-state index in [1.165, 1.54) is 0 Å². The van der Waals surface area contributed by atoms with Crippen molar-refractivity contribution in [3.8, 4) is 44.5 Å². The highest BCUT2D eigenvalue weighted by Gasteiger charge is 2.19. The van der Waals surface area contributed by atoms with Crippen molar-refractivity contribution in [1.29, 1.82) is 0 Å². The van der Waals surface area contributed by atoms with E-state index in [4.69, 9.17) is 2.74 Å². The maximum Gasteiger partial charge on any atom is 0.0636 e. The van der Waals surface area contributed by atoms with E-state index in [1.54, 1.807) is 0 Å². The van der Waals surface area contributed by atoms with Gasteiger partial charge in [0.05, 0.1) is 9.60 Å². The summed E-state index contributed by atoms with van der Waals surface area (Å²) < 4.78 is 66.9. The Kier molecular flexibility index (Phi) is 5.14. The number of fused-ring (bicyclic) bond motifs is 5. The van der Waals surface area contributed by atoms with Crippen LogP contribution in [0, 0.1) is 0 Å². The summed E-state index contributed by atoms with van der Waals surface area (Å²) in [6.45, 7) is 0. The third-order valence-corrected chi connectivity index (χ3v) is 9.87. The van der Waals surface area contributed by atoms with Crippen LogP contribution in [0.1, 0.15) is 9.60 Å². The summed E-state index contributed by atoms with van der Waals surface area (Å²) in [5.41, 5.74) is 4.97. The van der Waals surface area contributed by atoms with Crippen molar-refractivity contribution in [3.05, 3.63) is 194 Å².